The van der Waals surface area contributed by atoms with E-state index in [1.165, 1.54) is 0 Å². The number of nitrogens with zero attached hydrogens (tertiary/aromatic N) is 2. The van der Waals surface area contributed by atoms with Crippen molar-refractivity contribution in [2.75, 3.05) is 23.5 Å². The molecule has 2 amide bonds. The summed E-state index contributed by atoms with van der Waals surface area (Å²) in [4.78, 5) is 30.3. The Kier molecular flexibility index (Phi) is 5.27. The number of aryl methyl sites for hydroxylation is 1. The van der Waals surface area contributed by atoms with Gasteiger partial charge in [0.2, 0.25) is 5.91 Å². The zero-order valence-electron chi connectivity index (χ0n) is 17.3. The molecule has 1 aliphatic rings. The highest BCUT2D eigenvalue weighted by molar-refractivity contribution is 6.14. The van der Waals surface area contributed by atoms with Gasteiger partial charge in [0.05, 0.1) is 7.11 Å². The van der Waals surface area contributed by atoms with E-state index >= 15 is 0 Å². The van der Waals surface area contributed by atoms with Crippen LogP contribution < -0.4 is 14.5 Å². The number of carbonyl (C=O) groups is 2. The molecular formula is C25H24N2O3. The number of hydrogen-bond donors (Lipinski definition) is 0. The van der Waals surface area contributed by atoms with Gasteiger partial charge < -0.3 is 9.64 Å². The van der Waals surface area contributed by atoms with Crippen LogP contribution in [0.1, 0.15) is 22.7 Å². The topological polar surface area (TPSA) is 49.9 Å². The molecule has 3 aromatic carbocycles. The maximum absolute atomic E-state index is 13.7. The average molecular weight is 400 g/mol. The molecule has 0 bridgehead atoms. The predicted molar refractivity (Wildman–Crippen MR) is 118 cm³/mol. The number of rotatable bonds is 4. The van der Waals surface area contributed by atoms with Crippen molar-refractivity contribution in [2.24, 2.45) is 0 Å². The Morgan fingerprint density at radius 1 is 0.867 bits per heavy atom. The fourth-order valence-electron chi connectivity index (χ4n) is 3.89. The van der Waals surface area contributed by atoms with Gasteiger partial charge in [0.15, 0.2) is 0 Å². The van der Waals surface area contributed by atoms with Crippen LogP contribution in [-0.2, 0) is 9.59 Å². The second kappa shape index (κ2) is 8.03. The van der Waals surface area contributed by atoms with E-state index in [0.29, 0.717) is 11.4 Å². The summed E-state index contributed by atoms with van der Waals surface area (Å²) >= 11 is 0. The van der Waals surface area contributed by atoms with Crippen LogP contribution in [0.3, 0.4) is 0 Å². The number of piperazine rings is 1. The van der Waals surface area contributed by atoms with E-state index in [1.807, 2.05) is 74.5 Å². The van der Waals surface area contributed by atoms with Gasteiger partial charge in [0, 0.05) is 11.4 Å². The van der Waals surface area contributed by atoms with Gasteiger partial charge in [-0.15, -0.1) is 0 Å². The van der Waals surface area contributed by atoms with Crippen molar-refractivity contribution in [3.63, 3.8) is 0 Å². The molecule has 0 aliphatic carbocycles. The van der Waals surface area contributed by atoms with E-state index in [1.54, 1.807) is 29.0 Å². The Balaban J connectivity index is 1.81. The molecule has 1 heterocycles. The molecule has 0 saturated carbocycles. The number of carbonyl (C=O) groups excluding carboxylic acids is 2. The molecule has 0 spiro atoms. The van der Waals surface area contributed by atoms with Crippen LogP contribution in [0.4, 0.5) is 11.4 Å². The minimum atomic E-state index is -0.735. The van der Waals surface area contributed by atoms with Crippen LogP contribution in [0.15, 0.2) is 72.8 Å². The Morgan fingerprint density at radius 2 is 1.57 bits per heavy atom. The standard InChI is InChI=1S/C25H24N2O3/c1-17-8-7-11-22(18(17)2)26-16-23(28)27(20-12-14-21(30-3)15-13-20)24(25(26)29)19-9-5-4-6-10-19/h4-15,24H,16H2,1-3H3/t24-/m1/s1. The van der Waals surface area contributed by atoms with Gasteiger partial charge in [-0.25, -0.2) is 0 Å². The third-order valence-electron chi connectivity index (χ3n) is 5.65. The zero-order chi connectivity index (χ0) is 21.3. The van der Waals surface area contributed by atoms with Crippen LogP contribution in [0.25, 0.3) is 0 Å². The predicted octanol–water partition coefficient (Wildman–Crippen LogP) is 4.43. The second-order valence-electron chi connectivity index (χ2n) is 7.42. The van der Waals surface area contributed by atoms with Crippen molar-refractivity contribution < 1.29 is 14.3 Å². The number of methoxy groups -OCH3 is 1. The average Bonchev–Trinajstić information content (AvgIpc) is 2.77. The lowest BCUT2D eigenvalue weighted by Crippen LogP contribution is -2.56. The summed E-state index contributed by atoms with van der Waals surface area (Å²) in [6.45, 7) is 3.99. The molecule has 0 N–H and O–H groups in total. The lowest BCUT2D eigenvalue weighted by atomic mass is 9.98. The Morgan fingerprint density at radius 3 is 2.23 bits per heavy atom. The van der Waals surface area contributed by atoms with Crippen molar-refractivity contribution in [3.05, 3.63) is 89.5 Å². The van der Waals surface area contributed by atoms with Gasteiger partial charge in [-0.1, -0.05) is 42.5 Å². The van der Waals surface area contributed by atoms with E-state index in [4.69, 9.17) is 4.74 Å². The fourth-order valence-corrected chi connectivity index (χ4v) is 3.89. The lowest BCUT2D eigenvalue weighted by Gasteiger charge is -2.41. The minimum Gasteiger partial charge on any atom is -0.497 e. The molecule has 1 saturated heterocycles. The number of benzene rings is 3. The Hall–Kier alpha value is -3.60. The quantitative estimate of drug-likeness (QED) is 0.651. The number of amides is 2. The SMILES string of the molecule is COc1ccc(N2C(=O)CN(c3cccc(C)c3C)C(=O)[C@H]2c2ccccc2)cc1. The smallest absolute Gasteiger partial charge is 0.255 e. The maximum atomic E-state index is 13.7. The molecular weight excluding hydrogens is 376 g/mol. The van der Waals surface area contributed by atoms with E-state index in [2.05, 4.69) is 0 Å². The summed E-state index contributed by atoms with van der Waals surface area (Å²) in [6.07, 6.45) is 0. The van der Waals surface area contributed by atoms with Crippen LogP contribution in [0, 0.1) is 13.8 Å². The fraction of sp³-hybridized carbons (Fsp3) is 0.200. The minimum absolute atomic E-state index is 0.00150. The highest BCUT2D eigenvalue weighted by Gasteiger charge is 2.42. The van der Waals surface area contributed by atoms with E-state index < -0.39 is 6.04 Å². The molecule has 0 radical (unpaired) electrons. The molecule has 4 rings (SSSR count). The van der Waals surface area contributed by atoms with Gasteiger partial charge >= 0.3 is 0 Å². The first-order chi connectivity index (χ1) is 14.5. The highest BCUT2D eigenvalue weighted by Crippen LogP contribution is 2.36. The van der Waals surface area contributed by atoms with Crippen molar-refractivity contribution in [1.82, 2.24) is 0 Å². The maximum Gasteiger partial charge on any atom is 0.255 e. The number of ether oxygens (including phenoxy) is 1. The molecule has 1 fully saturated rings. The number of hydrogen-bond acceptors (Lipinski definition) is 3. The molecule has 1 aliphatic heterocycles. The van der Waals surface area contributed by atoms with Crippen molar-refractivity contribution in [3.8, 4) is 5.75 Å². The zero-order valence-corrected chi connectivity index (χ0v) is 17.3. The van der Waals surface area contributed by atoms with E-state index in [-0.39, 0.29) is 18.4 Å². The molecule has 0 aromatic heterocycles. The van der Waals surface area contributed by atoms with E-state index in [0.717, 1.165) is 22.4 Å². The largest absolute Gasteiger partial charge is 0.497 e. The van der Waals surface area contributed by atoms with E-state index in [9.17, 15) is 9.59 Å². The lowest BCUT2D eigenvalue weighted by molar-refractivity contribution is -0.128. The van der Waals surface area contributed by atoms with Crippen LogP contribution in [0.5, 0.6) is 5.75 Å². The normalized spacial score (nSPS) is 16.7. The first kappa shape index (κ1) is 19.7. The molecule has 1 atom stereocenters. The van der Waals surface area contributed by atoms with Crippen LogP contribution in [-0.4, -0.2) is 25.5 Å². The molecule has 5 heteroatoms. The van der Waals surface area contributed by atoms with Crippen LogP contribution in [0.2, 0.25) is 0 Å². The Bertz CT molecular complexity index is 1080. The monoisotopic (exact) mass is 400 g/mol. The van der Waals surface area contributed by atoms with Crippen molar-refractivity contribution >= 4 is 23.2 Å². The summed E-state index contributed by atoms with van der Waals surface area (Å²) in [5.41, 5.74) is 4.32. The third kappa shape index (κ3) is 3.43. The van der Waals surface area contributed by atoms with Gasteiger partial charge in [-0.2, -0.15) is 0 Å². The van der Waals surface area contributed by atoms with Gasteiger partial charge in [0.25, 0.3) is 5.91 Å². The first-order valence-electron chi connectivity index (χ1n) is 9.90. The second-order valence-corrected chi connectivity index (χ2v) is 7.42. The van der Waals surface area contributed by atoms with Crippen LogP contribution >= 0.6 is 0 Å². The van der Waals surface area contributed by atoms with Crippen molar-refractivity contribution in [2.45, 2.75) is 19.9 Å². The molecule has 30 heavy (non-hydrogen) atoms. The molecule has 152 valence electrons. The third-order valence-corrected chi connectivity index (χ3v) is 5.65. The Labute approximate surface area is 176 Å². The summed E-state index contributed by atoms with van der Waals surface area (Å²) in [6, 6.07) is 21.8. The van der Waals surface area contributed by atoms with Gasteiger partial charge in [0.1, 0.15) is 18.3 Å². The first-order valence-corrected chi connectivity index (χ1v) is 9.90. The number of anilines is 2. The molecule has 5 nitrogen and oxygen atoms in total. The molecule has 0 unspecified atom stereocenters. The van der Waals surface area contributed by atoms with Gasteiger partial charge in [-0.05, 0) is 60.9 Å². The van der Waals surface area contributed by atoms with Gasteiger partial charge in [-0.3, -0.25) is 14.5 Å². The molecule has 3 aromatic rings. The summed E-state index contributed by atoms with van der Waals surface area (Å²) in [7, 11) is 1.60. The summed E-state index contributed by atoms with van der Waals surface area (Å²) < 4.78 is 5.24. The van der Waals surface area contributed by atoms with Crippen molar-refractivity contribution in [1.29, 1.82) is 0 Å². The summed E-state index contributed by atoms with van der Waals surface area (Å²) in [5.74, 6) is 0.447. The highest BCUT2D eigenvalue weighted by atomic mass is 16.5. The summed E-state index contributed by atoms with van der Waals surface area (Å²) in [5, 5.41) is 0.